The fraction of sp³-hybridized carbons (Fsp3) is 0.133. The molecule has 5 nitrogen and oxygen atoms in total. The number of aromatic nitrogens is 2. The summed E-state index contributed by atoms with van der Waals surface area (Å²) in [4.78, 5) is 7.25. The summed E-state index contributed by atoms with van der Waals surface area (Å²) in [6.45, 7) is 0.648. The van der Waals surface area contributed by atoms with E-state index in [0.29, 0.717) is 12.4 Å². The van der Waals surface area contributed by atoms with Crippen LogP contribution in [0.15, 0.2) is 53.6 Å². The highest BCUT2D eigenvalue weighted by Crippen LogP contribution is 2.19. The lowest BCUT2D eigenvalue weighted by molar-refractivity contribution is 0.623. The quantitative estimate of drug-likeness (QED) is 0.404. The molecule has 2 aromatic carbocycles. The Morgan fingerprint density at radius 3 is 2.86 bits per heavy atom. The van der Waals surface area contributed by atoms with Crippen molar-refractivity contribution in [2.24, 2.45) is 5.11 Å². The molecule has 0 radical (unpaired) electrons. The number of para-hydroxylation sites is 2. The second-order valence-electron chi connectivity index (χ2n) is 4.62. The van der Waals surface area contributed by atoms with Gasteiger partial charge in [0.1, 0.15) is 11.6 Å². The maximum absolute atomic E-state index is 13.3. The molecule has 0 spiro atoms. The number of hydrogen-bond donors (Lipinski definition) is 0. The Labute approximate surface area is 120 Å². The maximum atomic E-state index is 13.3. The van der Waals surface area contributed by atoms with Gasteiger partial charge in [-0.15, -0.1) is 0 Å². The van der Waals surface area contributed by atoms with Gasteiger partial charge in [-0.25, -0.2) is 9.37 Å². The van der Waals surface area contributed by atoms with Crippen molar-refractivity contribution in [3.8, 4) is 0 Å². The van der Waals surface area contributed by atoms with Crippen LogP contribution in [0.4, 0.5) is 4.39 Å². The molecule has 0 aliphatic carbocycles. The van der Waals surface area contributed by atoms with E-state index in [-0.39, 0.29) is 12.4 Å². The molecule has 0 aliphatic rings. The first-order valence-electron chi connectivity index (χ1n) is 6.47. The molecule has 0 bridgehead atoms. The van der Waals surface area contributed by atoms with Crippen LogP contribution < -0.4 is 0 Å². The molecule has 0 aliphatic heterocycles. The van der Waals surface area contributed by atoms with Crippen molar-refractivity contribution in [3.05, 3.63) is 76.2 Å². The first-order chi connectivity index (χ1) is 10.3. The van der Waals surface area contributed by atoms with Crippen LogP contribution in [0.3, 0.4) is 0 Å². The molecule has 1 heterocycles. The summed E-state index contributed by atoms with van der Waals surface area (Å²) in [5.41, 5.74) is 11.1. The van der Waals surface area contributed by atoms with E-state index in [2.05, 4.69) is 15.0 Å². The number of halogens is 1. The Hall–Kier alpha value is -2.85. The maximum Gasteiger partial charge on any atom is 0.123 e. The van der Waals surface area contributed by atoms with E-state index in [4.69, 9.17) is 5.53 Å². The zero-order chi connectivity index (χ0) is 14.7. The van der Waals surface area contributed by atoms with Crippen molar-refractivity contribution in [3.63, 3.8) is 0 Å². The van der Waals surface area contributed by atoms with Crippen LogP contribution in [0.5, 0.6) is 0 Å². The number of imidazole rings is 1. The van der Waals surface area contributed by atoms with Gasteiger partial charge in [0, 0.05) is 11.5 Å². The zero-order valence-electron chi connectivity index (χ0n) is 11.1. The number of rotatable bonds is 4. The van der Waals surface area contributed by atoms with E-state index >= 15 is 0 Å². The van der Waals surface area contributed by atoms with Gasteiger partial charge in [-0.05, 0) is 35.4 Å². The number of benzene rings is 2. The van der Waals surface area contributed by atoms with Gasteiger partial charge in [0.2, 0.25) is 0 Å². The molecule has 0 saturated heterocycles. The minimum atomic E-state index is -0.270. The van der Waals surface area contributed by atoms with Gasteiger partial charge in [0.05, 0.1) is 17.6 Å². The van der Waals surface area contributed by atoms with Gasteiger partial charge in [0.15, 0.2) is 0 Å². The predicted molar refractivity (Wildman–Crippen MR) is 78.1 cm³/mol. The van der Waals surface area contributed by atoms with Gasteiger partial charge < -0.3 is 4.57 Å². The number of hydrogen-bond acceptors (Lipinski definition) is 2. The fourth-order valence-electron chi connectivity index (χ4n) is 2.34. The van der Waals surface area contributed by atoms with Crippen molar-refractivity contribution < 1.29 is 4.39 Å². The topological polar surface area (TPSA) is 66.6 Å². The first-order valence-corrected chi connectivity index (χ1v) is 6.47. The van der Waals surface area contributed by atoms with Crippen molar-refractivity contribution in [2.75, 3.05) is 0 Å². The molecule has 0 atom stereocenters. The van der Waals surface area contributed by atoms with Gasteiger partial charge >= 0.3 is 0 Å². The van der Waals surface area contributed by atoms with Crippen molar-refractivity contribution in [2.45, 2.75) is 13.1 Å². The van der Waals surface area contributed by atoms with Crippen molar-refractivity contribution in [1.29, 1.82) is 0 Å². The van der Waals surface area contributed by atoms with Gasteiger partial charge in [-0.3, -0.25) is 0 Å². The molecule has 0 fully saturated rings. The van der Waals surface area contributed by atoms with Crippen LogP contribution in [0.25, 0.3) is 21.5 Å². The van der Waals surface area contributed by atoms with Gasteiger partial charge in [-0.2, -0.15) is 0 Å². The number of fused-ring (bicyclic) bond motifs is 1. The molecule has 1 aromatic heterocycles. The molecule has 0 N–H and O–H groups in total. The second-order valence-corrected chi connectivity index (χ2v) is 4.62. The second kappa shape index (κ2) is 5.64. The summed E-state index contributed by atoms with van der Waals surface area (Å²) in [5, 5.41) is 3.58. The van der Waals surface area contributed by atoms with Crippen LogP contribution in [0.1, 0.15) is 11.4 Å². The molecule has 6 heteroatoms. The van der Waals surface area contributed by atoms with E-state index in [1.165, 1.54) is 12.1 Å². The van der Waals surface area contributed by atoms with Crippen LogP contribution in [0, 0.1) is 5.82 Å². The highest BCUT2D eigenvalue weighted by Gasteiger charge is 2.10. The Kier molecular flexibility index (Phi) is 3.53. The van der Waals surface area contributed by atoms with Gasteiger partial charge in [-0.1, -0.05) is 29.4 Å². The van der Waals surface area contributed by atoms with E-state index in [1.807, 2.05) is 34.9 Å². The predicted octanol–water partition coefficient (Wildman–Crippen LogP) is 4.03. The van der Waals surface area contributed by atoms with E-state index in [0.717, 1.165) is 16.6 Å². The molecule has 0 unspecified atom stereocenters. The van der Waals surface area contributed by atoms with E-state index in [1.54, 1.807) is 6.07 Å². The largest absolute Gasteiger partial charge is 0.323 e. The molecule has 3 aromatic rings. The van der Waals surface area contributed by atoms with Crippen LogP contribution in [0.2, 0.25) is 0 Å². The Morgan fingerprint density at radius 2 is 2.05 bits per heavy atom. The Morgan fingerprint density at radius 1 is 1.19 bits per heavy atom. The molecule has 3 rings (SSSR count). The average molecular weight is 281 g/mol. The molecule has 104 valence electrons. The molecular weight excluding hydrogens is 269 g/mol. The van der Waals surface area contributed by atoms with Gasteiger partial charge in [0.25, 0.3) is 0 Å². The highest BCUT2D eigenvalue weighted by molar-refractivity contribution is 5.76. The summed E-state index contributed by atoms with van der Waals surface area (Å²) in [7, 11) is 0. The Bertz CT molecular complexity index is 833. The van der Waals surface area contributed by atoms with E-state index in [9.17, 15) is 4.39 Å². The third-order valence-corrected chi connectivity index (χ3v) is 3.24. The number of nitrogens with zero attached hydrogens (tertiary/aromatic N) is 5. The number of azide groups is 1. The van der Waals surface area contributed by atoms with Crippen molar-refractivity contribution >= 4 is 11.0 Å². The third kappa shape index (κ3) is 2.70. The molecule has 21 heavy (non-hydrogen) atoms. The first kappa shape index (κ1) is 13.1. The van der Waals surface area contributed by atoms with Crippen molar-refractivity contribution in [1.82, 2.24) is 9.55 Å². The summed E-state index contributed by atoms with van der Waals surface area (Å²) in [6, 6.07) is 14.1. The lowest BCUT2D eigenvalue weighted by atomic mass is 10.2. The highest BCUT2D eigenvalue weighted by atomic mass is 19.1. The summed E-state index contributed by atoms with van der Waals surface area (Å²) >= 11 is 0. The Balaban J connectivity index is 2.08. The standard InChI is InChI=1S/C15H12FN5/c16-12-5-3-4-11(8-12)10-21-14-7-2-1-6-13(14)19-15(21)9-18-20-17/h1-8H,9-10H2. The zero-order valence-corrected chi connectivity index (χ0v) is 11.1. The average Bonchev–Trinajstić information content (AvgIpc) is 2.83. The summed E-state index contributed by atoms with van der Waals surface area (Å²) < 4.78 is 15.3. The fourth-order valence-corrected chi connectivity index (χ4v) is 2.34. The third-order valence-electron chi connectivity index (χ3n) is 3.24. The lowest BCUT2D eigenvalue weighted by Gasteiger charge is -2.08. The smallest absolute Gasteiger partial charge is 0.123 e. The SMILES string of the molecule is [N-]=[N+]=NCc1nc2ccccc2n1Cc1cccc(F)c1. The van der Waals surface area contributed by atoms with Crippen LogP contribution in [-0.4, -0.2) is 9.55 Å². The van der Waals surface area contributed by atoms with Crippen LogP contribution in [-0.2, 0) is 13.1 Å². The van der Waals surface area contributed by atoms with Crippen LogP contribution >= 0.6 is 0 Å². The summed E-state index contributed by atoms with van der Waals surface area (Å²) in [5.74, 6) is 0.395. The summed E-state index contributed by atoms with van der Waals surface area (Å²) in [6.07, 6.45) is 0. The van der Waals surface area contributed by atoms with E-state index < -0.39 is 0 Å². The molecular formula is C15H12FN5. The molecule has 0 amide bonds. The minimum absolute atomic E-state index is 0.167. The molecule has 0 saturated carbocycles. The monoisotopic (exact) mass is 281 g/mol. The normalized spacial score (nSPS) is 10.5. The minimum Gasteiger partial charge on any atom is -0.323 e. The lowest BCUT2D eigenvalue weighted by Crippen LogP contribution is -2.04.